The standard InChI is InChI=1S/C13H16N4/c1-17(2)13-11(9-14)10(6-8-16-13)12-5-3-4-7-15-12/h3-8H,9,14H2,1-2H3. The van der Waals surface area contributed by atoms with Crippen LogP contribution in [0.1, 0.15) is 5.56 Å². The second kappa shape index (κ2) is 4.93. The molecular weight excluding hydrogens is 212 g/mol. The van der Waals surface area contributed by atoms with Crippen molar-refractivity contribution in [3.8, 4) is 11.3 Å². The Morgan fingerprint density at radius 2 is 1.94 bits per heavy atom. The van der Waals surface area contributed by atoms with Gasteiger partial charge in [0.1, 0.15) is 5.82 Å². The van der Waals surface area contributed by atoms with Gasteiger partial charge in [-0.25, -0.2) is 4.98 Å². The first kappa shape index (κ1) is 11.5. The van der Waals surface area contributed by atoms with Crippen molar-refractivity contribution in [3.05, 3.63) is 42.2 Å². The third-order valence-corrected chi connectivity index (χ3v) is 2.60. The van der Waals surface area contributed by atoms with Gasteiger partial charge in [0.15, 0.2) is 0 Å². The van der Waals surface area contributed by atoms with Crippen LogP contribution in [0.3, 0.4) is 0 Å². The Morgan fingerprint density at radius 1 is 1.12 bits per heavy atom. The molecule has 0 aromatic carbocycles. The molecular formula is C13H16N4. The number of nitrogens with zero attached hydrogens (tertiary/aromatic N) is 3. The van der Waals surface area contributed by atoms with Crippen LogP contribution < -0.4 is 10.6 Å². The van der Waals surface area contributed by atoms with Crippen LogP contribution in [-0.2, 0) is 6.54 Å². The summed E-state index contributed by atoms with van der Waals surface area (Å²) in [4.78, 5) is 10.7. The van der Waals surface area contributed by atoms with E-state index in [1.165, 1.54) is 0 Å². The minimum atomic E-state index is 0.452. The number of aromatic nitrogens is 2. The molecule has 0 radical (unpaired) electrons. The Bertz CT molecular complexity index is 494. The first-order chi connectivity index (χ1) is 8.24. The minimum Gasteiger partial charge on any atom is -0.362 e. The van der Waals surface area contributed by atoms with E-state index < -0.39 is 0 Å². The molecule has 2 aromatic heterocycles. The zero-order chi connectivity index (χ0) is 12.3. The zero-order valence-corrected chi connectivity index (χ0v) is 10.1. The molecule has 0 aliphatic heterocycles. The summed E-state index contributed by atoms with van der Waals surface area (Å²) in [5.74, 6) is 0.899. The van der Waals surface area contributed by atoms with Crippen LogP contribution in [0.25, 0.3) is 11.3 Å². The van der Waals surface area contributed by atoms with Crippen LogP contribution in [-0.4, -0.2) is 24.1 Å². The second-order valence-electron chi connectivity index (χ2n) is 3.97. The lowest BCUT2D eigenvalue weighted by Crippen LogP contribution is -2.15. The predicted molar refractivity (Wildman–Crippen MR) is 69.7 cm³/mol. The highest BCUT2D eigenvalue weighted by molar-refractivity contribution is 5.69. The molecule has 0 unspecified atom stereocenters. The molecule has 2 aromatic rings. The van der Waals surface area contributed by atoms with Crippen molar-refractivity contribution in [3.63, 3.8) is 0 Å². The van der Waals surface area contributed by atoms with Gasteiger partial charge in [-0.3, -0.25) is 4.98 Å². The van der Waals surface area contributed by atoms with Crippen molar-refractivity contribution in [1.82, 2.24) is 9.97 Å². The number of hydrogen-bond donors (Lipinski definition) is 1. The first-order valence-electron chi connectivity index (χ1n) is 5.50. The fourth-order valence-electron chi connectivity index (χ4n) is 1.83. The Morgan fingerprint density at radius 3 is 2.53 bits per heavy atom. The summed E-state index contributed by atoms with van der Waals surface area (Å²) in [6.45, 7) is 0.452. The molecule has 2 heterocycles. The monoisotopic (exact) mass is 228 g/mol. The maximum Gasteiger partial charge on any atom is 0.133 e. The fraction of sp³-hybridized carbons (Fsp3) is 0.231. The first-order valence-corrected chi connectivity index (χ1v) is 5.50. The van der Waals surface area contributed by atoms with Gasteiger partial charge in [-0.05, 0) is 18.2 Å². The van der Waals surface area contributed by atoms with E-state index in [4.69, 9.17) is 5.73 Å². The highest BCUT2D eigenvalue weighted by atomic mass is 15.1. The summed E-state index contributed by atoms with van der Waals surface area (Å²) in [5.41, 5.74) is 8.83. The van der Waals surface area contributed by atoms with Crippen molar-refractivity contribution in [2.24, 2.45) is 5.73 Å². The molecule has 0 spiro atoms. The summed E-state index contributed by atoms with van der Waals surface area (Å²) < 4.78 is 0. The molecule has 2 N–H and O–H groups in total. The van der Waals surface area contributed by atoms with Gasteiger partial charge in [-0.2, -0.15) is 0 Å². The lowest BCUT2D eigenvalue weighted by molar-refractivity contribution is 0.986. The van der Waals surface area contributed by atoms with E-state index in [-0.39, 0.29) is 0 Å². The molecule has 4 nitrogen and oxygen atoms in total. The molecule has 0 fully saturated rings. The summed E-state index contributed by atoms with van der Waals surface area (Å²) >= 11 is 0. The largest absolute Gasteiger partial charge is 0.362 e. The maximum absolute atomic E-state index is 5.83. The van der Waals surface area contributed by atoms with E-state index in [1.807, 2.05) is 43.3 Å². The molecule has 0 aliphatic rings. The number of anilines is 1. The Hall–Kier alpha value is -1.94. The SMILES string of the molecule is CN(C)c1nccc(-c2ccccn2)c1CN. The van der Waals surface area contributed by atoms with Crippen molar-refractivity contribution in [1.29, 1.82) is 0 Å². The van der Waals surface area contributed by atoms with Crippen molar-refractivity contribution in [2.75, 3.05) is 19.0 Å². The van der Waals surface area contributed by atoms with Crippen LogP contribution in [0.4, 0.5) is 5.82 Å². The number of rotatable bonds is 3. The van der Waals surface area contributed by atoms with Crippen molar-refractivity contribution < 1.29 is 0 Å². The van der Waals surface area contributed by atoms with E-state index in [0.29, 0.717) is 6.54 Å². The molecule has 4 heteroatoms. The molecule has 0 saturated heterocycles. The van der Waals surface area contributed by atoms with Crippen LogP contribution >= 0.6 is 0 Å². The fourth-order valence-corrected chi connectivity index (χ4v) is 1.83. The average Bonchev–Trinajstić information content (AvgIpc) is 2.38. The van der Waals surface area contributed by atoms with Gasteiger partial charge in [0.2, 0.25) is 0 Å². The quantitative estimate of drug-likeness (QED) is 0.868. The van der Waals surface area contributed by atoms with Gasteiger partial charge in [0, 0.05) is 44.2 Å². The molecule has 0 bridgehead atoms. The van der Waals surface area contributed by atoms with Gasteiger partial charge in [0.05, 0.1) is 5.69 Å². The molecule has 0 atom stereocenters. The van der Waals surface area contributed by atoms with Gasteiger partial charge in [-0.15, -0.1) is 0 Å². The molecule has 17 heavy (non-hydrogen) atoms. The summed E-state index contributed by atoms with van der Waals surface area (Å²) in [6.07, 6.45) is 3.57. The topological polar surface area (TPSA) is 55.0 Å². The van der Waals surface area contributed by atoms with E-state index in [1.54, 1.807) is 12.4 Å². The second-order valence-corrected chi connectivity index (χ2v) is 3.97. The van der Waals surface area contributed by atoms with Gasteiger partial charge in [0.25, 0.3) is 0 Å². The molecule has 2 rings (SSSR count). The van der Waals surface area contributed by atoms with E-state index in [2.05, 4.69) is 9.97 Å². The van der Waals surface area contributed by atoms with E-state index in [0.717, 1.165) is 22.6 Å². The normalized spacial score (nSPS) is 10.3. The Labute approximate surface area is 101 Å². The minimum absolute atomic E-state index is 0.452. The smallest absolute Gasteiger partial charge is 0.133 e. The average molecular weight is 228 g/mol. The Balaban J connectivity index is 2.59. The van der Waals surface area contributed by atoms with E-state index in [9.17, 15) is 0 Å². The third kappa shape index (κ3) is 2.26. The zero-order valence-electron chi connectivity index (χ0n) is 10.1. The molecule has 0 amide bonds. The van der Waals surface area contributed by atoms with Gasteiger partial charge < -0.3 is 10.6 Å². The van der Waals surface area contributed by atoms with Crippen molar-refractivity contribution >= 4 is 5.82 Å². The number of nitrogens with two attached hydrogens (primary N) is 1. The number of hydrogen-bond acceptors (Lipinski definition) is 4. The van der Waals surface area contributed by atoms with Crippen molar-refractivity contribution in [2.45, 2.75) is 6.54 Å². The van der Waals surface area contributed by atoms with Crippen LogP contribution in [0, 0.1) is 0 Å². The third-order valence-electron chi connectivity index (χ3n) is 2.60. The maximum atomic E-state index is 5.83. The highest BCUT2D eigenvalue weighted by Crippen LogP contribution is 2.26. The summed E-state index contributed by atoms with van der Waals surface area (Å²) in [5, 5.41) is 0. The molecule has 0 saturated carbocycles. The predicted octanol–water partition coefficient (Wildman–Crippen LogP) is 1.67. The Kier molecular flexibility index (Phi) is 3.35. The van der Waals surface area contributed by atoms with E-state index >= 15 is 0 Å². The highest BCUT2D eigenvalue weighted by Gasteiger charge is 2.11. The van der Waals surface area contributed by atoms with Crippen LogP contribution in [0.15, 0.2) is 36.7 Å². The summed E-state index contributed by atoms with van der Waals surface area (Å²) in [7, 11) is 3.92. The lowest BCUT2D eigenvalue weighted by atomic mass is 10.1. The van der Waals surface area contributed by atoms with Crippen LogP contribution in [0.5, 0.6) is 0 Å². The van der Waals surface area contributed by atoms with Gasteiger partial charge >= 0.3 is 0 Å². The summed E-state index contributed by atoms with van der Waals surface area (Å²) in [6, 6.07) is 7.81. The van der Waals surface area contributed by atoms with Crippen LogP contribution in [0.2, 0.25) is 0 Å². The number of pyridine rings is 2. The van der Waals surface area contributed by atoms with Gasteiger partial charge in [-0.1, -0.05) is 6.07 Å². The molecule has 88 valence electrons. The molecule has 0 aliphatic carbocycles. The lowest BCUT2D eigenvalue weighted by Gasteiger charge is -2.17.